The SMILES string of the molecule is CC(C)(c1ccc(O)cc1)c1ccc(O)cc1.CC(C)(c1ccc(O)cc1)c1ccc(O)cc1.Cc1ccc(C(C)(c2ccccc2)c2ccc(O)cc2)cc1.Cc1ccc(C2(c3ccc(O)cc3)CCCCC2)cc1.Cc1ccc(C2(c3ccc(O)cc3)OC(=O)c3ccccc32)cc1.Oc1ccc(C2(c3ccc(O)cc3)CCCCC2)cc1. The molecule has 3 aliphatic rings. The number of aromatic hydroxyl groups is 9. The van der Waals surface area contributed by atoms with Crippen molar-refractivity contribution in [2.75, 3.05) is 0 Å². The van der Waals surface area contributed by atoms with Crippen LogP contribution in [0.25, 0.3) is 0 Å². The zero-order valence-corrected chi connectivity index (χ0v) is 69.8. The standard InChI is InChI=1S/C21H16O3.C21H20O.C19H22O.C18H20O2.2C15H16O2/c1-14-6-8-15(9-7-14)21(16-10-12-17(22)13-11-16)19-5-3-2-4-18(19)20(23)24-21;1-16-8-10-18(11-9-16)21(2,17-6-4-3-5-7-17)19-12-14-20(22)15-13-19;1-15-5-7-16(8-6-15)19(13-3-2-4-14-19)17-9-11-18(20)12-10-17;19-16-8-4-14(5-9-16)18(12-2-1-3-13-18)15-6-10-17(20)11-7-15;2*1-15(2,11-3-7-13(16)8-4-11)12-5-9-14(17)10-6-12/h2-13,22H,1H3;3-15,22H,1-2H3;5-12,20H,2-4,13-14H2,1H3;4-11,19-20H,1-3,12-13H2;2*3-10,16-17H,1-2H3. The topological polar surface area (TPSA) is 208 Å². The molecule has 2 saturated carbocycles. The van der Waals surface area contributed by atoms with E-state index >= 15 is 0 Å². The number of phenols is 9. The van der Waals surface area contributed by atoms with Crippen LogP contribution >= 0.6 is 0 Å². The summed E-state index contributed by atoms with van der Waals surface area (Å²) in [5.41, 5.74) is 18.9. The number of aryl methyl sites for hydroxylation is 3. The van der Waals surface area contributed by atoms with Gasteiger partial charge < -0.3 is 50.7 Å². The number of carbonyl (C=O) groups excluding carboxylic acids is 1. The van der Waals surface area contributed by atoms with Crippen LogP contribution in [0.15, 0.2) is 346 Å². The van der Waals surface area contributed by atoms with Gasteiger partial charge >= 0.3 is 5.97 Å². The highest BCUT2D eigenvalue weighted by molar-refractivity contribution is 5.96. The van der Waals surface area contributed by atoms with Crippen LogP contribution in [0.4, 0.5) is 0 Å². The number of carbonyl (C=O) groups is 1. The van der Waals surface area contributed by atoms with Crippen molar-refractivity contribution >= 4 is 5.97 Å². The van der Waals surface area contributed by atoms with E-state index in [1.807, 2.05) is 153 Å². The van der Waals surface area contributed by atoms with E-state index in [0.29, 0.717) is 28.6 Å². The van der Waals surface area contributed by atoms with Gasteiger partial charge in [0.25, 0.3) is 0 Å². The van der Waals surface area contributed by atoms with E-state index in [4.69, 9.17) is 4.74 Å². The summed E-state index contributed by atoms with van der Waals surface area (Å²) >= 11 is 0. The number of benzene rings is 14. The Kier molecular flexibility index (Phi) is 27.3. The fraction of sp³-hybridized carbons (Fsp3) is 0.220. The summed E-state index contributed by atoms with van der Waals surface area (Å²) in [4.78, 5) is 12.5. The summed E-state index contributed by atoms with van der Waals surface area (Å²) in [6, 6.07) is 110. The minimum absolute atomic E-state index is 0.0274. The Bertz CT molecular complexity index is 5090. The third-order valence-corrected chi connectivity index (χ3v) is 24.6. The van der Waals surface area contributed by atoms with Crippen molar-refractivity contribution in [3.8, 4) is 51.7 Å². The first-order valence-electron chi connectivity index (χ1n) is 41.4. The molecule has 9 N–H and O–H groups in total. The van der Waals surface area contributed by atoms with Gasteiger partial charge in [-0.3, -0.25) is 0 Å². The molecule has 11 nitrogen and oxygen atoms in total. The zero-order chi connectivity index (χ0) is 85.2. The van der Waals surface area contributed by atoms with Crippen molar-refractivity contribution in [1.29, 1.82) is 0 Å². The highest BCUT2D eigenvalue weighted by atomic mass is 16.6. The van der Waals surface area contributed by atoms with E-state index in [0.717, 1.165) is 57.3 Å². The maximum Gasteiger partial charge on any atom is 0.340 e. The predicted octanol–water partition coefficient (Wildman–Crippen LogP) is 25.4. The molecule has 0 bridgehead atoms. The highest BCUT2D eigenvalue weighted by Gasteiger charge is 2.48. The van der Waals surface area contributed by atoms with Gasteiger partial charge in [0.05, 0.1) is 5.56 Å². The Hall–Kier alpha value is -13.3. The lowest BCUT2D eigenvalue weighted by Crippen LogP contribution is -2.30. The minimum Gasteiger partial charge on any atom is -0.508 e. The van der Waals surface area contributed by atoms with Crippen LogP contribution in [0.3, 0.4) is 0 Å². The van der Waals surface area contributed by atoms with Gasteiger partial charge in [-0.2, -0.15) is 0 Å². The van der Waals surface area contributed by atoms with Gasteiger partial charge in [-0.1, -0.05) is 313 Å². The molecule has 120 heavy (non-hydrogen) atoms. The number of phenolic OH excluding ortho intramolecular Hbond substituents is 9. The molecule has 14 aromatic carbocycles. The summed E-state index contributed by atoms with van der Waals surface area (Å²) in [7, 11) is 0. The fourth-order valence-corrected chi connectivity index (χ4v) is 17.1. The van der Waals surface area contributed by atoms with Crippen molar-refractivity contribution in [3.05, 3.63) is 446 Å². The Balaban J connectivity index is 0.000000133. The van der Waals surface area contributed by atoms with Gasteiger partial charge in [0.1, 0.15) is 51.7 Å². The number of rotatable bonds is 13. The van der Waals surface area contributed by atoms with Gasteiger partial charge in [0.15, 0.2) is 5.60 Å². The Morgan fingerprint density at radius 3 is 0.758 bits per heavy atom. The van der Waals surface area contributed by atoms with Crippen molar-refractivity contribution in [1.82, 2.24) is 0 Å². The molecule has 2 atom stereocenters. The maximum atomic E-state index is 12.5. The number of cyclic esters (lactones) is 1. The molecule has 0 aromatic heterocycles. The molecule has 0 saturated heterocycles. The van der Waals surface area contributed by atoms with Crippen LogP contribution in [-0.2, 0) is 37.4 Å². The average Bonchev–Trinajstić information content (AvgIpc) is 1.53. The van der Waals surface area contributed by atoms with Crippen molar-refractivity contribution in [2.24, 2.45) is 0 Å². The van der Waals surface area contributed by atoms with Crippen molar-refractivity contribution < 1.29 is 55.5 Å². The van der Waals surface area contributed by atoms with Crippen LogP contribution in [0.2, 0.25) is 0 Å². The normalized spacial score (nSPS) is 15.4. The van der Waals surface area contributed by atoms with Crippen LogP contribution in [-0.4, -0.2) is 51.9 Å². The smallest absolute Gasteiger partial charge is 0.340 e. The zero-order valence-electron chi connectivity index (χ0n) is 69.8. The van der Waals surface area contributed by atoms with Gasteiger partial charge in [0, 0.05) is 43.8 Å². The summed E-state index contributed by atoms with van der Waals surface area (Å²) in [5, 5.41) is 85.0. The molecule has 0 radical (unpaired) electrons. The van der Waals surface area contributed by atoms with E-state index in [-0.39, 0.29) is 61.8 Å². The monoisotopic (exact) mass is 1590 g/mol. The first kappa shape index (κ1) is 86.1. The van der Waals surface area contributed by atoms with E-state index in [1.165, 1.54) is 101 Å². The molecule has 2 fully saturated rings. The van der Waals surface area contributed by atoms with Gasteiger partial charge in [-0.25, -0.2) is 4.79 Å². The van der Waals surface area contributed by atoms with Crippen molar-refractivity contribution in [3.63, 3.8) is 0 Å². The summed E-state index contributed by atoms with van der Waals surface area (Å²) in [6.45, 7) is 17.0. The van der Waals surface area contributed by atoms with E-state index in [1.54, 1.807) is 115 Å². The Morgan fingerprint density at radius 1 is 0.242 bits per heavy atom. The fourth-order valence-electron chi connectivity index (χ4n) is 17.1. The second-order valence-electron chi connectivity index (χ2n) is 33.2. The van der Waals surface area contributed by atoms with Crippen LogP contribution < -0.4 is 0 Å². The molecular weight excluding hydrogens is 1490 g/mol. The molecule has 0 amide bonds. The summed E-state index contributed by atoms with van der Waals surface area (Å²) in [6.07, 6.45) is 12.3. The van der Waals surface area contributed by atoms with E-state index in [2.05, 4.69) is 133 Å². The third-order valence-electron chi connectivity index (χ3n) is 24.6. The van der Waals surface area contributed by atoms with E-state index < -0.39 is 5.60 Å². The lowest BCUT2D eigenvalue weighted by molar-refractivity contribution is 0.0251. The first-order chi connectivity index (χ1) is 57.6. The molecular formula is C109H110O11. The molecule has 1 aliphatic heterocycles. The number of hydrogen-bond donors (Lipinski definition) is 9. The molecule has 2 aliphatic carbocycles. The molecule has 1 heterocycles. The largest absolute Gasteiger partial charge is 0.508 e. The number of fused-ring (bicyclic) bond motifs is 1. The minimum atomic E-state index is -0.991. The van der Waals surface area contributed by atoms with Gasteiger partial charge in [0.2, 0.25) is 0 Å². The number of esters is 1. The van der Waals surface area contributed by atoms with Crippen LogP contribution in [0.1, 0.15) is 204 Å². The molecule has 2 unspecified atom stereocenters. The molecule has 11 heteroatoms. The second-order valence-corrected chi connectivity index (χ2v) is 33.2. The van der Waals surface area contributed by atoms with Crippen LogP contribution in [0, 0.1) is 20.8 Å². The predicted molar refractivity (Wildman–Crippen MR) is 482 cm³/mol. The Morgan fingerprint density at radius 2 is 0.458 bits per heavy atom. The molecule has 14 aromatic rings. The average molecular weight is 1600 g/mol. The molecule has 612 valence electrons. The lowest BCUT2D eigenvalue weighted by Gasteiger charge is -2.38. The lowest BCUT2D eigenvalue weighted by atomic mass is 9.65. The number of hydrogen-bond acceptors (Lipinski definition) is 11. The second kappa shape index (κ2) is 38.0. The summed E-state index contributed by atoms with van der Waals surface area (Å²) in [5.74, 6) is 2.20. The van der Waals surface area contributed by atoms with Gasteiger partial charge in [-0.15, -0.1) is 0 Å². The highest BCUT2D eigenvalue weighted by Crippen LogP contribution is 2.50. The molecule has 0 spiro atoms. The summed E-state index contributed by atoms with van der Waals surface area (Å²) < 4.78 is 5.95. The quantitative estimate of drug-likeness (QED) is 0.0392. The van der Waals surface area contributed by atoms with Crippen LogP contribution in [0.5, 0.6) is 51.7 Å². The van der Waals surface area contributed by atoms with Crippen molar-refractivity contribution in [2.45, 2.75) is 152 Å². The third kappa shape index (κ3) is 19.8. The molecule has 17 rings (SSSR count). The maximum absolute atomic E-state index is 12.5. The first-order valence-corrected chi connectivity index (χ1v) is 41.4. The number of ether oxygens (including phenoxy) is 1. The van der Waals surface area contributed by atoms with E-state index in [9.17, 15) is 50.8 Å². The van der Waals surface area contributed by atoms with Gasteiger partial charge in [-0.05, 0) is 230 Å². The Labute approximate surface area is 707 Å².